The molecule has 19 heavy (non-hydrogen) atoms. The van der Waals surface area contributed by atoms with E-state index in [1.54, 1.807) is 12.3 Å². The van der Waals surface area contributed by atoms with Crippen molar-refractivity contribution in [3.05, 3.63) is 28.9 Å². The van der Waals surface area contributed by atoms with Crippen molar-refractivity contribution in [3.8, 4) is 22.9 Å². The Hall–Kier alpha value is -1.86. The van der Waals surface area contributed by atoms with Crippen molar-refractivity contribution in [2.24, 2.45) is 5.84 Å². The Balaban J connectivity index is 2.07. The van der Waals surface area contributed by atoms with Gasteiger partial charge in [0.1, 0.15) is 19.0 Å². The molecule has 0 unspecified atom stereocenters. The molecule has 7 heteroatoms. The van der Waals surface area contributed by atoms with Crippen LogP contribution in [-0.2, 0) is 0 Å². The second-order valence-corrected chi connectivity index (χ2v) is 4.75. The van der Waals surface area contributed by atoms with Gasteiger partial charge < -0.3 is 14.9 Å². The maximum Gasteiger partial charge on any atom is 0.175 e. The third-order valence-electron chi connectivity index (χ3n) is 2.66. The number of nitrogens with zero attached hydrogens (tertiary/aromatic N) is 2. The molecule has 1 aliphatic heterocycles. The molecule has 2 aromatic rings. The molecule has 0 saturated carbocycles. The number of nitrogens with two attached hydrogens (primary N) is 1. The lowest BCUT2D eigenvalue weighted by Gasteiger charge is -2.20. The molecule has 98 valence electrons. The first-order chi connectivity index (χ1) is 9.28. The molecule has 1 aliphatic rings. The normalized spacial score (nSPS) is 13.2. The predicted molar refractivity (Wildman–Crippen MR) is 74.0 cm³/mol. The number of fused-ring (bicyclic) bond motifs is 1. The van der Waals surface area contributed by atoms with Crippen LogP contribution in [-0.4, -0.2) is 23.2 Å². The van der Waals surface area contributed by atoms with E-state index in [2.05, 4.69) is 31.3 Å². The van der Waals surface area contributed by atoms with Crippen LogP contribution in [0.25, 0.3) is 11.4 Å². The number of nitrogens with one attached hydrogen (secondary N) is 1. The monoisotopic (exact) mass is 322 g/mol. The van der Waals surface area contributed by atoms with Gasteiger partial charge in [0.05, 0.1) is 4.47 Å². The first-order valence-electron chi connectivity index (χ1n) is 5.67. The average Bonchev–Trinajstić information content (AvgIpc) is 2.47. The third-order valence-corrected chi connectivity index (χ3v) is 3.25. The Morgan fingerprint density at radius 1 is 1.26 bits per heavy atom. The van der Waals surface area contributed by atoms with Crippen molar-refractivity contribution in [2.45, 2.75) is 0 Å². The van der Waals surface area contributed by atoms with Gasteiger partial charge in [-0.05, 0) is 28.1 Å². The molecule has 0 saturated heterocycles. The fourth-order valence-electron chi connectivity index (χ4n) is 1.82. The van der Waals surface area contributed by atoms with E-state index in [1.807, 2.05) is 12.1 Å². The largest absolute Gasteiger partial charge is 0.486 e. The highest BCUT2D eigenvalue weighted by Gasteiger charge is 2.17. The van der Waals surface area contributed by atoms with Crippen LogP contribution in [0, 0.1) is 0 Å². The highest BCUT2D eigenvalue weighted by atomic mass is 79.9. The molecule has 0 bridgehead atoms. The number of hydrogen-bond donors (Lipinski definition) is 2. The summed E-state index contributed by atoms with van der Waals surface area (Å²) in [6.07, 6.45) is 1.64. The fourth-order valence-corrected chi connectivity index (χ4v) is 2.37. The summed E-state index contributed by atoms with van der Waals surface area (Å²) < 4.78 is 11.9. The minimum absolute atomic E-state index is 0.536. The van der Waals surface area contributed by atoms with Crippen molar-refractivity contribution in [3.63, 3.8) is 0 Å². The summed E-state index contributed by atoms with van der Waals surface area (Å²) in [5, 5.41) is 0. The Morgan fingerprint density at radius 3 is 2.95 bits per heavy atom. The molecule has 0 atom stereocenters. The number of rotatable bonds is 2. The van der Waals surface area contributed by atoms with Crippen molar-refractivity contribution in [2.75, 3.05) is 18.6 Å². The van der Waals surface area contributed by atoms with Gasteiger partial charge in [0, 0.05) is 17.8 Å². The van der Waals surface area contributed by atoms with Crippen LogP contribution < -0.4 is 20.7 Å². The molecule has 0 aliphatic carbocycles. The van der Waals surface area contributed by atoms with Gasteiger partial charge in [0.15, 0.2) is 17.3 Å². The van der Waals surface area contributed by atoms with Crippen molar-refractivity contribution >= 4 is 21.7 Å². The molecular weight excluding hydrogens is 312 g/mol. The molecule has 2 heterocycles. The maximum atomic E-state index is 5.57. The van der Waals surface area contributed by atoms with Gasteiger partial charge in [-0.3, -0.25) is 0 Å². The number of ether oxygens (including phenoxy) is 2. The summed E-state index contributed by atoms with van der Waals surface area (Å²) in [5.41, 5.74) is 3.32. The summed E-state index contributed by atoms with van der Waals surface area (Å²) in [6.45, 7) is 1.09. The van der Waals surface area contributed by atoms with Crippen LogP contribution in [0.5, 0.6) is 11.5 Å². The van der Waals surface area contributed by atoms with E-state index >= 15 is 0 Å². The Labute approximate surface area is 118 Å². The standard InChI is InChI=1S/C12H11BrN4O2/c13-8-5-7(6-9-11(8)19-4-3-18-9)12-15-2-1-10(16-12)17-14/h1-2,5-6H,3-4,14H2,(H,15,16,17). The van der Waals surface area contributed by atoms with Crippen LogP contribution in [0.1, 0.15) is 0 Å². The summed E-state index contributed by atoms with van der Waals surface area (Å²) >= 11 is 3.46. The van der Waals surface area contributed by atoms with Crippen LogP contribution in [0.4, 0.5) is 5.82 Å². The smallest absolute Gasteiger partial charge is 0.175 e. The van der Waals surface area contributed by atoms with Crippen molar-refractivity contribution in [1.82, 2.24) is 9.97 Å². The van der Waals surface area contributed by atoms with E-state index in [0.29, 0.717) is 36.4 Å². The minimum Gasteiger partial charge on any atom is -0.486 e. The fraction of sp³-hybridized carbons (Fsp3) is 0.167. The van der Waals surface area contributed by atoms with Gasteiger partial charge in [-0.1, -0.05) is 0 Å². The molecule has 0 amide bonds. The second-order valence-electron chi connectivity index (χ2n) is 3.89. The number of hydrazine groups is 1. The summed E-state index contributed by atoms with van der Waals surface area (Å²) in [5.74, 6) is 7.85. The van der Waals surface area contributed by atoms with E-state index in [-0.39, 0.29) is 0 Å². The summed E-state index contributed by atoms with van der Waals surface area (Å²) in [6, 6.07) is 5.44. The molecule has 6 nitrogen and oxygen atoms in total. The molecule has 1 aromatic carbocycles. The molecule has 0 spiro atoms. The molecule has 1 aromatic heterocycles. The zero-order valence-corrected chi connectivity index (χ0v) is 11.5. The zero-order valence-electron chi connectivity index (χ0n) is 9.89. The SMILES string of the molecule is NNc1ccnc(-c2cc(Br)c3c(c2)OCCO3)n1. The number of anilines is 1. The topological polar surface area (TPSA) is 82.3 Å². The lowest BCUT2D eigenvalue weighted by Crippen LogP contribution is -2.15. The van der Waals surface area contributed by atoms with E-state index in [1.165, 1.54) is 0 Å². The quantitative estimate of drug-likeness (QED) is 0.649. The highest BCUT2D eigenvalue weighted by Crippen LogP contribution is 2.40. The average molecular weight is 323 g/mol. The molecule has 3 N–H and O–H groups in total. The molecule has 3 rings (SSSR count). The van der Waals surface area contributed by atoms with Gasteiger partial charge in [0.2, 0.25) is 0 Å². The Morgan fingerprint density at radius 2 is 2.11 bits per heavy atom. The van der Waals surface area contributed by atoms with Crippen LogP contribution in [0.2, 0.25) is 0 Å². The van der Waals surface area contributed by atoms with E-state index in [0.717, 1.165) is 10.0 Å². The first-order valence-corrected chi connectivity index (χ1v) is 6.46. The molecular formula is C12H11BrN4O2. The lowest BCUT2D eigenvalue weighted by atomic mass is 10.2. The summed E-state index contributed by atoms with van der Waals surface area (Å²) in [7, 11) is 0. The number of nitrogen functional groups attached to an aromatic ring is 1. The maximum absolute atomic E-state index is 5.57. The Kier molecular flexibility index (Phi) is 3.22. The van der Waals surface area contributed by atoms with Gasteiger partial charge in [0.25, 0.3) is 0 Å². The third kappa shape index (κ3) is 2.34. The van der Waals surface area contributed by atoms with Gasteiger partial charge in [-0.2, -0.15) is 0 Å². The van der Waals surface area contributed by atoms with Gasteiger partial charge in [-0.25, -0.2) is 15.8 Å². The lowest BCUT2D eigenvalue weighted by molar-refractivity contribution is 0.170. The number of benzene rings is 1. The first kappa shape index (κ1) is 12.2. The number of hydrogen-bond acceptors (Lipinski definition) is 6. The van der Waals surface area contributed by atoms with Crippen LogP contribution in [0.3, 0.4) is 0 Å². The summed E-state index contributed by atoms with van der Waals surface area (Å²) in [4.78, 5) is 8.51. The van der Waals surface area contributed by atoms with Crippen molar-refractivity contribution in [1.29, 1.82) is 0 Å². The van der Waals surface area contributed by atoms with Crippen LogP contribution in [0.15, 0.2) is 28.9 Å². The minimum atomic E-state index is 0.536. The number of halogens is 1. The highest BCUT2D eigenvalue weighted by molar-refractivity contribution is 9.10. The predicted octanol–water partition coefficient (Wildman–Crippen LogP) is 1.96. The van der Waals surface area contributed by atoms with Crippen molar-refractivity contribution < 1.29 is 9.47 Å². The molecule has 0 radical (unpaired) electrons. The van der Waals surface area contributed by atoms with Gasteiger partial charge in [-0.15, -0.1) is 0 Å². The zero-order chi connectivity index (χ0) is 13.2. The van der Waals surface area contributed by atoms with E-state index < -0.39 is 0 Å². The molecule has 0 fully saturated rings. The van der Waals surface area contributed by atoms with Gasteiger partial charge >= 0.3 is 0 Å². The van der Waals surface area contributed by atoms with E-state index in [9.17, 15) is 0 Å². The van der Waals surface area contributed by atoms with Crippen LogP contribution >= 0.6 is 15.9 Å². The Bertz CT molecular complexity index is 621. The number of aromatic nitrogens is 2. The van der Waals surface area contributed by atoms with E-state index in [4.69, 9.17) is 15.3 Å². The second kappa shape index (κ2) is 5.02.